The summed E-state index contributed by atoms with van der Waals surface area (Å²) in [5, 5.41) is 2.73. The predicted molar refractivity (Wildman–Crippen MR) is 86.6 cm³/mol. The number of anilines is 1. The molecular formula is C16H17BrN2O2. The van der Waals surface area contributed by atoms with Crippen molar-refractivity contribution in [3.8, 4) is 5.75 Å². The van der Waals surface area contributed by atoms with E-state index in [0.29, 0.717) is 11.6 Å². The average molecular weight is 349 g/mol. The number of ether oxygens (including phenoxy) is 1. The topological polar surface area (TPSA) is 51.2 Å². The lowest BCUT2D eigenvalue weighted by molar-refractivity contribution is -0.122. The van der Waals surface area contributed by atoms with Crippen LogP contribution in [0, 0.1) is 13.8 Å². The third-order valence-corrected chi connectivity index (χ3v) is 3.54. The molecule has 2 aromatic rings. The summed E-state index contributed by atoms with van der Waals surface area (Å²) in [5.41, 5.74) is 2.16. The van der Waals surface area contributed by atoms with Crippen LogP contribution >= 0.6 is 15.9 Å². The van der Waals surface area contributed by atoms with Crippen LogP contribution in [0.4, 0.5) is 5.82 Å². The summed E-state index contributed by atoms with van der Waals surface area (Å²) in [5.74, 6) is 0.919. The summed E-state index contributed by atoms with van der Waals surface area (Å²) in [6, 6.07) is 9.38. The smallest absolute Gasteiger partial charge is 0.266 e. The Bertz CT molecular complexity index is 641. The lowest BCUT2D eigenvalue weighted by Gasteiger charge is -2.15. The van der Waals surface area contributed by atoms with E-state index in [2.05, 4.69) is 26.2 Å². The van der Waals surface area contributed by atoms with Gasteiger partial charge in [-0.3, -0.25) is 4.79 Å². The molecule has 0 aliphatic carbocycles. The quantitative estimate of drug-likeness (QED) is 0.912. The molecule has 2 rings (SSSR count). The van der Waals surface area contributed by atoms with Crippen LogP contribution < -0.4 is 10.1 Å². The van der Waals surface area contributed by atoms with E-state index in [1.165, 1.54) is 0 Å². The van der Waals surface area contributed by atoms with Crippen LogP contribution in [0.15, 0.2) is 41.0 Å². The van der Waals surface area contributed by atoms with Gasteiger partial charge in [0.1, 0.15) is 11.6 Å². The maximum Gasteiger partial charge on any atom is 0.266 e. The number of nitrogens with one attached hydrogen (secondary N) is 1. The first kappa shape index (κ1) is 15.5. The fraction of sp³-hybridized carbons (Fsp3) is 0.250. The Morgan fingerprint density at radius 3 is 2.57 bits per heavy atom. The Morgan fingerprint density at radius 1 is 1.24 bits per heavy atom. The van der Waals surface area contributed by atoms with Crippen molar-refractivity contribution in [2.75, 3.05) is 5.32 Å². The Hall–Kier alpha value is -1.88. The fourth-order valence-corrected chi connectivity index (χ4v) is 2.30. The highest BCUT2D eigenvalue weighted by atomic mass is 79.9. The van der Waals surface area contributed by atoms with Gasteiger partial charge in [-0.05, 0) is 66.0 Å². The van der Waals surface area contributed by atoms with E-state index in [4.69, 9.17) is 4.74 Å². The minimum absolute atomic E-state index is 0.237. The van der Waals surface area contributed by atoms with Crippen LogP contribution in [-0.4, -0.2) is 17.0 Å². The number of amides is 1. The molecule has 0 aliphatic rings. The van der Waals surface area contributed by atoms with Crippen LogP contribution in [0.25, 0.3) is 0 Å². The first-order valence-electron chi connectivity index (χ1n) is 6.62. The van der Waals surface area contributed by atoms with E-state index in [1.807, 2.05) is 38.1 Å². The lowest BCUT2D eigenvalue weighted by Crippen LogP contribution is -2.30. The number of hydrogen-bond acceptors (Lipinski definition) is 3. The third kappa shape index (κ3) is 4.29. The van der Waals surface area contributed by atoms with Gasteiger partial charge in [0.15, 0.2) is 6.10 Å². The van der Waals surface area contributed by atoms with Crippen molar-refractivity contribution in [1.82, 2.24) is 4.98 Å². The van der Waals surface area contributed by atoms with Crippen molar-refractivity contribution in [2.45, 2.75) is 26.9 Å². The highest BCUT2D eigenvalue weighted by Crippen LogP contribution is 2.26. The van der Waals surface area contributed by atoms with Gasteiger partial charge in [-0.2, -0.15) is 0 Å². The number of aromatic nitrogens is 1. The zero-order valence-electron chi connectivity index (χ0n) is 12.2. The zero-order valence-corrected chi connectivity index (χ0v) is 13.8. The van der Waals surface area contributed by atoms with Crippen molar-refractivity contribution in [3.63, 3.8) is 0 Å². The molecule has 0 bridgehead atoms. The minimum Gasteiger partial charge on any atom is -0.480 e. The van der Waals surface area contributed by atoms with E-state index in [9.17, 15) is 4.79 Å². The van der Waals surface area contributed by atoms with Gasteiger partial charge in [0.2, 0.25) is 0 Å². The third-order valence-electron chi connectivity index (χ3n) is 2.92. The monoisotopic (exact) mass is 348 g/mol. The number of nitrogens with zero attached hydrogens (tertiary/aromatic N) is 1. The van der Waals surface area contributed by atoms with E-state index in [0.717, 1.165) is 15.6 Å². The highest BCUT2D eigenvalue weighted by molar-refractivity contribution is 9.10. The number of carbonyl (C=O) groups excluding carboxylic acids is 1. The van der Waals surface area contributed by atoms with Gasteiger partial charge in [0, 0.05) is 6.20 Å². The van der Waals surface area contributed by atoms with Gasteiger partial charge >= 0.3 is 0 Å². The molecule has 110 valence electrons. The molecule has 1 amide bonds. The molecule has 1 N–H and O–H groups in total. The number of rotatable bonds is 4. The van der Waals surface area contributed by atoms with Crippen molar-refractivity contribution < 1.29 is 9.53 Å². The minimum atomic E-state index is -0.618. The Morgan fingerprint density at radius 2 is 1.95 bits per heavy atom. The molecule has 0 spiro atoms. The standard InChI is InChI=1S/C16H17BrN2O2/c1-10-4-6-14(13(17)8-10)21-12(3)16(20)19-15-7-5-11(2)9-18-15/h4-9,12H,1-3H3,(H,18,19,20)/t12-/m1/s1. The van der Waals surface area contributed by atoms with Crippen molar-refractivity contribution in [1.29, 1.82) is 0 Å². The molecule has 0 radical (unpaired) electrons. The van der Waals surface area contributed by atoms with Crippen LogP contribution in [0.2, 0.25) is 0 Å². The Labute approximate surface area is 132 Å². The summed E-state index contributed by atoms with van der Waals surface area (Å²) >= 11 is 3.43. The van der Waals surface area contributed by atoms with Crippen molar-refractivity contribution in [3.05, 3.63) is 52.1 Å². The molecule has 21 heavy (non-hydrogen) atoms. The van der Waals surface area contributed by atoms with Crippen LogP contribution in [0.5, 0.6) is 5.75 Å². The molecule has 1 heterocycles. The second-order valence-corrected chi connectivity index (χ2v) is 5.76. The van der Waals surface area contributed by atoms with Crippen molar-refractivity contribution >= 4 is 27.7 Å². The summed E-state index contributed by atoms with van der Waals surface area (Å²) in [6.07, 6.45) is 1.09. The molecular weight excluding hydrogens is 332 g/mol. The number of carbonyl (C=O) groups is 1. The van der Waals surface area contributed by atoms with Crippen LogP contribution in [-0.2, 0) is 4.79 Å². The fourth-order valence-electron chi connectivity index (χ4n) is 1.72. The molecule has 0 saturated heterocycles. The number of halogens is 1. The van der Waals surface area contributed by atoms with E-state index in [1.54, 1.807) is 19.2 Å². The maximum absolute atomic E-state index is 12.1. The normalized spacial score (nSPS) is 11.8. The van der Waals surface area contributed by atoms with E-state index >= 15 is 0 Å². The number of hydrogen-bond donors (Lipinski definition) is 1. The van der Waals surface area contributed by atoms with Crippen LogP contribution in [0.1, 0.15) is 18.1 Å². The van der Waals surface area contributed by atoms with Gasteiger partial charge in [-0.1, -0.05) is 12.1 Å². The SMILES string of the molecule is Cc1ccc(NC(=O)[C@@H](C)Oc2ccc(C)cc2Br)nc1. The molecule has 1 atom stereocenters. The molecule has 1 aromatic carbocycles. The molecule has 1 aromatic heterocycles. The van der Waals surface area contributed by atoms with Gasteiger partial charge in [-0.25, -0.2) is 4.98 Å². The average Bonchev–Trinajstić information content (AvgIpc) is 2.44. The van der Waals surface area contributed by atoms with Gasteiger partial charge < -0.3 is 10.1 Å². The molecule has 0 unspecified atom stereocenters. The van der Waals surface area contributed by atoms with Gasteiger partial charge in [-0.15, -0.1) is 0 Å². The second kappa shape index (κ2) is 6.72. The summed E-state index contributed by atoms with van der Waals surface area (Å²) in [6.45, 7) is 5.64. The second-order valence-electron chi connectivity index (χ2n) is 4.90. The summed E-state index contributed by atoms with van der Waals surface area (Å²) in [7, 11) is 0. The largest absolute Gasteiger partial charge is 0.480 e. The molecule has 0 aliphatic heterocycles. The highest BCUT2D eigenvalue weighted by Gasteiger charge is 2.16. The maximum atomic E-state index is 12.1. The van der Waals surface area contributed by atoms with Crippen LogP contribution in [0.3, 0.4) is 0 Å². The number of pyridine rings is 1. The van der Waals surface area contributed by atoms with Gasteiger partial charge in [0.25, 0.3) is 5.91 Å². The zero-order chi connectivity index (χ0) is 15.4. The Kier molecular flexibility index (Phi) is 4.96. The van der Waals surface area contributed by atoms with Crippen molar-refractivity contribution in [2.24, 2.45) is 0 Å². The number of benzene rings is 1. The van der Waals surface area contributed by atoms with Gasteiger partial charge in [0.05, 0.1) is 4.47 Å². The van der Waals surface area contributed by atoms with E-state index < -0.39 is 6.10 Å². The Balaban J connectivity index is 2.00. The first-order valence-corrected chi connectivity index (χ1v) is 7.41. The summed E-state index contributed by atoms with van der Waals surface area (Å²) < 4.78 is 6.50. The lowest BCUT2D eigenvalue weighted by atomic mass is 10.2. The summed E-state index contributed by atoms with van der Waals surface area (Å²) in [4.78, 5) is 16.2. The first-order chi connectivity index (χ1) is 9.95. The molecule has 0 fully saturated rings. The molecule has 0 saturated carbocycles. The molecule has 4 nitrogen and oxygen atoms in total. The number of aryl methyl sites for hydroxylation is 2. The van der Waals surface area contributed by atoms with E-state index in [-0.39, 0.29) is 5.91 Å². The predicted octanol–water partition coefficient (Wildman–Crippen LogP) is 3.87. The molecule has 5 heteroatoms.